The van der Waals surface area contributed by atoms with E-state index in [9.17, 15) is 5.11 Å². The molecule has 4 heteroatoms. The lowest BCUT2D eigenvalue weighted by atomic mass is 9.91. The van der Waals surface area contributed by atoms with Crippen molar-refractivity contribution in [1.29, 1.82) is 0 Å². The fourth-order valence-electron chi connectivity index (χ4n) is 3.06. The molecular weight excluding hydrogens is 272 g/mol. The van der Waals surface area contributed by atoms with Gasteiger partial charge in [-0.2, -0.15) is 11.8 Å². The maximum atomic E-state index is 9.83. The van der Waals surface area contributed by atoms with Crippen LogP contribution in [0.25, 0.3) is 0 Å². The Bertz CT molecular complexity index is 455. The molecular formula is C16H22O3S. The van der Waals surface area contributed by atoms with E-state index in [2.05, 4.69) is 0 Å². The van der Waals surface area contributed by atoms with Crippen LogP contribution in [-0.4, -0.2) is 34.9 Å². The Morgan fingerprint density at radius 3 is 3.05 bits per heavy atom. The van der Waals surface area contributed by atoms with Crippen molar-refractivity contribution >= 4 is 11.8 Å². The van der Waals surface area contributed by atoms with Gasteiger partial charge >= 0.3 is 0 Å². The van der Waals surface area contributed by atoms with E-state index in [1.54, 1.807) is 6.92 Å². The SMILES string of the molecule is CC(O)c1ccccc1OC1CCOC2(CCSC2)C1. The molecule has 1 N–H and O–H groups in total. The van der Waals surface area contributed by atoms with Crippen LogP contribution in [0.1, 0.15) is 37.9 Å². The molecule has 1 spiro atoms. The summed E-state index contributed by atoms with van der Waals surface area (Å²) in [6, 6.07) is 7.78. The Hall–Kier alpha value is -0.710. The molecule has 0 bridgehead atoms. The van der Waals surface area contributed by atoms with Crippen LogP contribution in [-0.2, 0) is 4.74 Å². The second-order valence-corrected chi connectivity index (χ2v) is 6.89. The Kier molecular flexibility index (Phi) is 4.24. The number of hydrogen-bond acceptors (Lipinski definition) is 4. The predicted octanol–water partition coefficient (Wildman–Crippen LogP) is 3.17. The van der Waals surface area contributed by atoms with E-state index in [1.807, 2.05) is 36.0 Å². The van der Waals surface area contributed by atoms with Gasteiger partial charge in [-0.05, 0) is 25.2 Å². The third-order valence-corrected chi connectivity index (χ3v) is 5.40. The summed E-state index contributed by atoms with van der Waals surface area (Å²) in [5.74, 6) is 3.09. The van der Waals surface area contributed by atoms with E-state index in [1.165, 1.54) is 5.75 Å². The number of aliphatic hydroxyl groups is 1. The quantitative estimate of drug-likeness (QED) is 0.929. The monoisotopic (exact) mass is 294 g/mol. The number of thioether (sulfide) groups is 1. The summed E-state index contributed by atoms with van der Waals surface area (Å²) in [6.45, 7) is 2.56. The summed E-state index contributed by atoms with van der Waals surface area (Å²) in [5.41, 5.74) is 0.904. The van der Waals surface area contributed by atoms with E-state index in [0.29, 0.717) is 0 Å². The number of hydrogen-bond donors (Lipinski definition) is 1. The summed E-state index contributed by atoms with van der Waals surface area (Å²) >= 11 is 1.98. The highest BCUT2D eigenvalue weighted by molar-refractivity contribution is 7.99. The minimum absolute atomic E-state index is 0.0351. The summed E-state index contributed by atoms with van der Waals surface area (Å²) in [5, 5.41) is 9.83. The van der Waals surface area contributed by atoms with Gasteiger partial charge in [0.25, 0.3) is 0 Å². The molecule has 2 saturated heterocycles. The molecule has 2 aliphatic heterocycles. The normalized spacial score (nSPS) is 31.4. The van der Waals surface area contributed by atoms with Crippen LogP contribution < -0.4 is 4.74 Å². The predicted molar refractivity (Wildman–Crippen MR) is 81.4 cm³/mol. The van der Waals surface area contributed by atoms with Crippen LogP contribution in [0.2, 0.25) is 0 Å². The Labute approximate surface area is 124 Å². The molecule has 0 radical (unpaired) electrons. The molecule has 2 fully saturated rings. The molecule has 2 heterocycles. The Morgan fingerprint density at radius 2 is 2.30 bits per heavy atom. The van der Waals surface area contributed by atoms with Gasteiger partial charge in [0.2, 0.25) is 0 Å². The minimum Gasteiger partial charge on any atom is -0.490 e. The zero-order valence-corrected chi connectivity index (χ0v) is 12.7. The second kappa shape index (κ2) is 5.96. The average Bonchev–Trinajstić information content (AvgIpc) is 2.87. The van der Waals surface area contributed by atoms with E-state index >= 15 is 0 Å². The summed E-state index contributed by atoms with van der Waals surface area (Å²) in [6.07, 6.45) is 2.73. The van der Waals surface area contributed by atoms with Crippen molar-refractivity contribution < 1.29 is 14.6 Å². The van der Waals surface area contributed by atoms with Crippen molar-refractivity contribution in [2.45, 2.75) is 44.0 Å². The maximum Gasteiger partial charge on any atom is 0.125 e. The lowest BCUT2D eigenvalue weighted by Crippen LogP contribution is -2.43. The van der Waals surface area contributed by atoms with Gasteiger partial charge in [-0.1, -0.05) is 18.2 Å². The molecule has 0 saturated carbocycles. The van der Waals surface area contributed by atoms with Gasteiger partial charge in [-0.3, -0.25) is 0 Å². The molecule has 3 unspecified atom stereocenters. The van der Waals surface area contributed by atoms with E-state index in [4.69, 9.17) is 9.47 Å². The number of rotatable bonds is 3. The highest BCUT2D eigenvalue weighted by atomic mass is 32.2. The van der Waals surface area contributed by atoms with Crippen molar-refractivity contribution in [2.75, 3.05) is 18.1 Å². The summed E-state index contributed by atoms with van der Waals surface area (Å²) in [7, 11) is 0. The highest BCUT2D eigenvalue weighted by Gasteiger charge is 2.41. The fraction of sp³-hybridized carbons (Fsp3) is 0.625. The van der Waals surface area contributed by atoms with Gasteiger partial charge in [0, 0.05) is 24.2 Å². The van der Waals surface area contributed by atoms with Gasteiger partial charge in [0.1, 0.15) is 11.9 Å². The van der Waals surface area contributed by atoms with Crippen molar-refractivity contribution in [3.63, 3.8) is 0 Å². The van der Waals surface area contributed by atoms with Gasteiger partial charge < -0.3 is 14.6 Å². The highest BCUT2D eigenvalue weighted by Crippen LogP contribution is 2.39. The minimum atomic E-state index is -0.498. The first-order valence-electron chi connectivity index (χ1n) is 7.34. The van der Waals surface area contributed by atoms with Gasteiger partial charge in [-0.25, -0.2) is 0 Å². The average molecular weight is 294 g/mol. The number of para-hydroxylation sites is 1. The second-order valence-electron chi connectivity index (χ2n) is 5.78. The number of ether oxygens (including phenoxy) is 2. The van der Waals surface area contributed by atoms with Gasteiger partial charge in [0.15, 0.2) is 0 Å². The van der Waals surface area contributed by atoms with Crippen LogP contribution in [0.3, 0.4) is 0 Å². The van der Waals surface area contributed by atoms with E-state index in [0.717, 1.165) is 42.9 Å². The fourth-order valence-corrected chi connectivity index (χ4v) is 4.44. The number of aliphatic hydroxyl groups excluding tert-OH is 1. The molecule has 3 nitrogen and oxygen atoms in total. The van der Waals surface area contributed by atoms with Crippen molar-refractivity contribution in [1.82, 2.24) is 0 Å². The first-order chi connectivity index (χ1) is 9.69. The van der Waals surface area contributed by atoms with Crippen LogP contribution >= 0.6 is 11.8 Å². The van der Waals surface area contributed by atoms with Crippen molar-refractivity contribution in [2.24, 2.45) is 0 Å². The Balaban J connectivity index is 1.71. The summed E-state index contributed by atoms with van der Waals surface area (Å²) < 4.78 is 12.2. The molecule has 3 atom stereocenters. The molecule has 1 aromatic rings. The zero-order valence-electron chi connectivity index (χ0n) is 11.9. The van der Waals surface area contributed by atoms with Crippen LogP contribution in [0.4, 0.5) is 0 Å². The molecule has 1 aromatic carbocycles. The molecule has 0 aliphatic carbocycles. The third-order valence-electron chi connectivity index (χ3n) is 4.18. The molecule has 110 valence electrons. The van der Waals surface area contributed by atoms with Crippen LogP contribution in [0.5, 0.6) is 5.75 Å². The maximum absolute atomic E-state index is 9.83. The van der Waals surface area contributed by atoms with Crippen molar-refractivity contribution in [3.8, 4) is 5.75 Å². The lowest BCUT2D eigenvalue weighted by molar-refractivity contribution is -0.0961. The van der Waals surface area contributed by atoms with Crippen LogP contribution in [0.15, 0.2) is 24.3 Å². The standard InChI is InChI=1S/C16H22O3S/c1-12(17)14-4-2-3-5-15(14)19-13-6-8-18-16(10-13)7-9-20-11-16/h2-5,12-13,17H,6-11H2,1H3. The van der Waals surface area contributed by atoms with Gasteiger partial charge in [-0.15, -0.1) is 0 Å². The molecule has 0 aromatic heterocycles. The molecule has 20 heavy (non-hydrogen) atoms. The summed E-state index contributed by atoms with van der Waals surface area (Å²) in [4.78, 5) is 0. The third kappa shape index (κ3) is 2.97. The lowest BCUT2D eigenvalue weighted by Gasteiger charge is -2.38. The van der Waals surface area contributed by atoms with Crippen LogP contribution in [0, 0.1) is 0 Å². The smallest absolute Gasteiger partial charge is 0.125 e. The number of benzene rings is 1. The largest absolute Gasteiger partial charge is 0.490 e. The first-order valence-corrected chi connectivity index (χ1v) is 8.49. The van der Waals surface area contributed by atoms with Crippen molar-refractivity contribution in [3.05, 3.63) is 29.8 Å². The Morgan fingerprint density at radius 1 is 1.45 bits per heavy atom. The first kappa shape index (κ1) is 14.2. The molecule has 2 aliphatic rings. The van der Waals surface area contributed by atoms with Gasteiger partial charge in [0.05, 0.1) is 18.3 Å². The topological polar surface area (TPSA) is 38.7 Å². The molecule has 0 amide bonds. The van der Waals surface area contributed by atoms with E-state index in [-0.39, 0.29) is 11.7 Å². The zero-order chi connectivity index (χ0) is 14.0. The van der Waals surface area contributed by atoms with E-state index < -0.39 is 6.10 Å². The molecule has 3 rings (SSSR count).